The average Bonchev–Trinajstić information content (AvgIpc) is 2.74. The molecular formula is C22H29N3O3. The minimum atomic E-state index is -0.190. The fourth-order valence-electron chi connectivity index (χ4n) is 3.51. The van der Waals surface area contributed by atoms with Gasteiger partial charge in [-0.05, 0) is 55.5 Å². The molecule has 1 heterocycles. The highest BCUT2D eigenvalue weighted by atomic mass is 16.5. The van der Waals surface area contributed by atoms with Crippen LogP contribution in [0.3, 0.4) is 0 Å². The first-order valence-corrected chi connectivity index (χ1v) is 9.81. The Balaban J connectivity index is 1.54. The fourth-order valence-corrected chi connectivity index (χ4v) is 3.51. The van der Waals surface area contributed by atoms with Gasteiger partial charge >= 0.3 is 6.03 Å². The van der Waals surface area contributed by atoms with Crippen molar-refractivity contribution in [2.75, 3.05) is 44.1 Å². The normalized spacial score (nSPS) is 13.7. The zero-order valence-electron chi connectivity index (χ0n) is 16.7. The van der Waals surface area contributed by atoms with Crippen LogP contribution in [0.2, 0.25) is 0 Å². The molecule has 3 rings (SSSR count). The van der Waals surface area contributed by atoms with E-state index in [0.29, 0.717) is 24.5 Å². The Kier molecular flexibility index (Phi) is 7.00. The highest BCUT2D eigenvalue weighted by molar-refractivity contribution is 5.93. The standard InChI is InChI=1S/C22H29N3O3/c1-27-20-11-10-17(16-21(20)28-2)12-13-23-22(26)24-18-8-4-5-9-19(18)25-14-6-3-7-15-25/h4-5,8-11,16H,3,6-7,12-15H2,1-2H3,(H2,23,24,26). The highest BCUT2D eigenvalue weighted by Gasteiger charge is 2.15. The third-order valence-electron chi connectivity index (χ3n) is 5.00. The Morgan fingerprint density at radius 1 is 1.00 bits per heavy atom. The third kappa shape index (κ3) is 5.09. The summed E-state index contributed by atoms with van der Waals surface area (Å²) in [6.07, 6.45) is 4.39. The van der Waals surface area contributed by atoms with Crippen LogP contribution in [0.15, 0.2) is 42.5 Å². The van der Waals surface area contributed by atoms with E-state index in [9.17, 15) is 4.79 Å². The molecule has 0 bridgehead atoms. The van der Waals surface area contributed by atoms with Crippen LogP contribution in [0.25, 0.3) is 0 Å². The Labute approximate surface area is 166 Å². The number of urea groups is 1. The summed E-state index contributed by atoms with van der Waals surface area (Å²) in [6, 6.07) is 13.6. The van der Waals surface area contributed by atoms with Crippen molar-refractivity contribution in [2.45, 2.75) is 25.7 Å². The number of anilines is 2. The molecule has 0 aromatic heterocycles. The number of benzene rings is 2. The van der Waals surface area contributed by atoms with E-state index in [4.69, 9.17) is 9.47 Å². The molecule has 1 saturated heterocycles. The maximum Gasteiger partial charge on any atom is 0.319 e. The Bertz CT molecular complexity index is 788. The lowest BCUT2D eigenvalue weighted by molar-refractivity contribution is 0.252. The number of ether oxygens (including phenoxy) is 2. The SMILES string of the molecule is COc1ccc(CCNC(=O)Nc2ccccc2N2CCCCC2)cc1OC. The first kappa shape index (κ1) is 19.9. The van der Waals surface area contributed by atoms with E-state index in [-0.39, 0.29) is 6.03 Å². The van der Waals surface area contributed by atoms with E-state index in [1.807, 2.05) is 36.4 Å². The fraction of sp³-hybridized carbons (Fsp3) is 0.409. The zero-order chi connectivity index (χ0) is 19.8. The summed E-state index contributed by atoms with van der Waals surface area (Å²) >= 11 is 0. The maximum atomic E-state index is 12.4. The molecule has 6 nitrogen and oxygen atoms in total. The van der Waals surface area contributed by atoms with Gasteiger partial charge in [0.1, 0.15) is 0 Å². The number of carbonyl (C=O) groups is 1. The lowest BCUT2D eigenvalue weighted by Gasteiger charge is -2.30. The number of para-hydroxylation sites is 2. The van der Waals surface area contributed by atoms with Crippen LogP contribution < -0.4 is 25.0 Å². The second-order valence-corrected chi connectivity index (χ2v) is 6.89. The zero-order valence-corrected chi connectivity index (χ0v) is 16.7. The third-order valence-corrected chi connectivity index (χ3v) is 5.00. The molecule has 150 valence electrons. The van der Waals surface area contributed by atoms with E-state index in [2.05, 4.69) is 21.6 Å². The molecule has 0 atom stereocenters. The first-order chi connectivity index (χ1) is 13.7. The van der Waals surface area contributed by atoms with Gasteiger partial charge in [-0.3, -0.25) is 0 Å². The van der Waals surface area contributed by atoms with Gasteiger partial charge < -0.3 is 25.0 Å². The number of nitrogens with one attached hydrogen (secondary N) is 2. The van der Waals surface area contributed by atoms with E-state index < -0.39 is 0 Å². The van der Waals surface area contributed by atoms with E-state index in [0.717, 1.165) is 30.0 Å². The number of carbonyl (C=O) groups excluding carboxylic acids is 1. The van der Waals surface area contributed by atoms with Crippen LogP contribution in [0.1, 0.15) is 24.8 Å². The van der Waals surface area contributed by atoms with Crippen LogP contribution in [0, 0.1) is 0 Å². The molecule has 0 aliphatic carbocycles. The molecule has 6 heteroatoms. The minimum absolute atomic E-state index is 0.190. The second kappa shape index (κ2) is 9.88. The Hall–Kier alpha value is -2.89. The molecular weight excluding hydrogens is 354 g/mol. The predicted octanol–water partition coefficient (Wildman–Crippen LogP) is 4.06. The number of hydrogen-bond donors (Lipinski definition) is 2. The van der Waals surface area contributed by atoms with Crippen molar-refractivity contribution in [3.05, 3.63) is 48.0 Å². The smallest absolute Gasteiger partial charge is 0.319 e. The molecule has 0 saturated carbocycles. The van der Waals surface area contributed by atoms with Gasteiger partial charge in [0.05, 0.1) is 25.6 Å². The molecule has 2 N–H and O–H groups in total. The Morgan fingerprint density at radius 2 is 1.75 bits per heavy atom. The van der Waals surface area contributed by atoms with E-state index in [1.54, 1.807) is 14.2 Å². The van der Waals surface area contributed by atoms with Gasteiger partial charge in [-0.15, -0.1) is 0 Å². The lowest BCUT2D eigenvalue weighted by atomic mass is 10.1. The van der Waals surface area contributed by atoms with E-state index in [1.165, 1.54) is 19.3 Å². The van der Waals surface area contributed by atoms with Crippen molar-refractivity contribution in [3.63, 3.8) is 0 Å². The van der Waals surface area contributed by atoms with E-state index >= 15 is 0 Å². The Morgan fingerprint density at radius 3 is 2.50 bits per heavy atom. The van der Waals surface area contributed by atoms with Gasteiger partial charge in [-0.2, -0.15) is 0 Å². The summed E-state index contributed by atoms with van der Waals surface area (Å²) in [7, 11) is 3.23. The van der Waals surface area contributed by atoms with Gasteiger partial charge in [0, 0.05) is 19.6 Å². The second-order valence-electron chi connectivity index (χ2n) is 6.89. The van der Waals surface area contributed by atoms with Crippen molar-refractivity contribution in [1.82, 2.24) is 5.32 Å². The molecule has 0 unspecified atom stereocenters. The molecule has 2 aromatic carbocycles. The number of nitrogens with zero attached hydrogens (tertiary/aromatic N) is 1. The number of methoxy groups -OCH3 is 2. The van der Waals surface area contributed by atoms with Gasteiger partial charge in [0.25, 0.3) is 0 Å². The van der Waals surface area contributed by atoms with Crippen molar-refractivity contribution in [1.29, 1.82) is 0 Å². The van der Waals surface area contributed by atoms with Crippen molar-refractivity contribution < 1.29 is 14.3 Å². The summed E-state index contributed by atoms with van der Waals surface area (Å²) in [4.78, 5) is 14.7. The first-order valence-electron chi connectivity index (χ1n) is 9.81. The van der Waals surface area contributed by atoms with Crippen LogP contribution in [-0.4, -0.2) is 39.9 Å². The quantitative estimate of drug-likeness (QED) is 0.757. The van der Waals surface area contributed by atoms with Gasteiger partial charge in [0.15, 0.2) is 11.5 Å². The van der Waals surface area contributed by atoms with Crippen molar-refractivity contribution >= 4 is 17.4 Å². The summed E-state index contributed by atoms with van der Waals surface area (Å²) in [5.41, 5.74) is 3.02. The van der Waals surface area contributed by atoms with Crippen LogP contribution in [-0.2, 0) is 6.42 Å². The predicted molar refractivity (Wildman–Crippen MR) is 113 cm³/mol. The molecule has 2 amide bonds. The molecule has 1 aliphatic heterocycles. The molecule has 1 fully saturated rings. The summed E-state index contributed by atoms with van der Waals surface area (Å²) in [5, 5.41) is 5.93. The molecule has 0 radical (unpaired) electrons. The topological polar surface area (TPSA) is 62.8 Å². The summed E-state index contributed by atoms with van der Waals surface area (Å²) < 4.78 is 10.6. The monoisotopic (exact) mass is 383 g/mol. The van der Waals surface area contributed by atoms with Gasteiger partial charge in [-0.25, -0.2) is 4.79 Å². The number of rotatable bonds is 7. The van der Waals surface area contributed by atoms with Crippen molar-refractivity contribution in [3.8, 4) is 11.5 Å². The van der Waals surface area contributed by atoms with Gasteiger partial charge in [0.2, 0.25) is 0 Å². The highest BCUT2D eigenvalue weighted by Crippen LogP contribution is 2.29. The molecule has 28 heavy (non-hydrogen) atoms. The van der Waals surface area contributed by atoms with Crippen molar-refractivity contribution in [2.24, 2.45) is 0 Å². The minimum Gasteiger partial charge on any atom is -0.493 e. The lowest BCUT2D eigenvalue weighted by Crippen LogP contribution is -2.33. The number of hydrogen-bond acceptors (Lipinski definition) is 4. The maximum absolute atomic E-state index is 12.4. The molecule has 2 aromatic rings. The summed E-state index contributed by atoms with van der Waals surface area (Å²) in [6.45, 7) is 2.62. The average molecular weight is 383 g/mol. The van der Waals surface area contributed by atoms with Crippen LogP contribution >= 0.6 is 0 Å². The number of piperidine rings is 1. The molecule has 1 aliphatic rings. The van der Waals surface area contributed by atoms with Crippen LogP contribution in [0.5, 0.6) is 11.5 Å². The van der Waals surface area contributed by atoms with Gasteiger partial charge in [-0.1, -0.05) is 18.2 Å². The summed E-state index contributed by atoms with van der Waals surface area (Å²) in [5.74, 6) is 1.39. The number of amides is 2. The molecule has 0 spiro atoms. The largest absolute Gasteiger partial charge is 0.493 e. The van der Waals surface area contributed by atoms with Crippen LogP contribution in [0.4, 0.5) is 16.2 Å².